The number of rotatable bonds is 4. The van der Waals surface area contributed by atoms with E-state index >= 15 is 0 Å². The van der Waals surface area contributed by atoms with Crippen molar-refractivity contribution >= 4 is 5.97 Å². The van der Waals surface area contributed by atoms with Crippen LogP contribution < -0.4 is 4.74 Å². The first-order chi connectivity index (χ1) is 9.53. The number of halogens is 1. The van der Waals surface area contributed by atoms with E-state index in [2.05, 4.69) is 0 Å². The molecule has 0 saturated carbocycles. The Morgan fingerprint density at radius 1 is 1.05 bits per heavy atom. The molecule has 0 aromatic heterocycles. The maximum Gasteiger partial charge on any atom is 0.348 e. The molecule has 1 atom stereocenters. The van der Waals surface area contributed by atoms with Gasteiger partial charge in [0.05, 0.1) is 0 Å². The lowest BCUT2D eigenvalue weighted by molar-refractivity contribution is -0.146. The van der Waals surface area contributed by atoms with Crippen molar-refractivity contribution in [3.05, 3.63) is 54.6 Å². The molecule has 20 heavy (non-hydrogen) atoms. The van der Waals surface area contributed by atoms with E-state index in [1.165, 1.54) is 6.92 Å². The molecule has 2 nitrogen and oxygen atoms in total. The van der Waals surface area contributed by atoms with Crippen LogP contribution in [0.2, 0.25) is 0 Å². The Labute approximate surface area is 118 Å². The van der Waals surface area contributed by atoms with Crippen molar-refractivity contribution in [2.75, 3.05) is 0 Å². The van der Waals surface area contributed by atoms with Gasteiger partial charge in [0.15, 0.2) is 0 Å². The van der Waals surface area contributed by atoms with Crippen LogP contribution in [0.5, 0.6) is 5.75 Å². The SMILES string of the molecule is CCC(C)(F)C(=O)Oc1ccc(-c2ccccc2)cc1. The van der Waals surface area contributed by atoms with Crippen LogP contribution in [-0.4, -0.2) is 11.6 Å². The topological polar surface area (TPSA) is 26.3 Å². The van der Waals surface area contributed by atoms with Gasteiger partial charge in [-0.2, -0.15) is 0 Å². The minimum atomic E-state index is -1.95. The molecule has 0 aliphatic rings. The van der Waals surface area contributed by atoms with Gasteiger partial charge in [-0.05, 0) is 36.6 Å². The van der Waals surface area contributed by atoms with Crippen LogP contribution >= 0.6 is 0 Å². The van der Waals surface area contributed by atoms with E-state index in [0.29, 0.717) is 5.75 Å². The third kappa shape index (κ3) is 3.23. The van der Waals surface area contributed by atoms with E-state index in [1.807, 2.05) is 42.5 Å². The molecule has 0 aliphatic heterocycles. The molecule has 0 heterocycles. The van der Waals surface area contributed by atoms with E-state index in [0.717, 1.165) is 11.1 Å². The number of hydrogen-bond acceptors (Lipinski definition) is 2. The van der Waals surface area contributed by atoms with Crippen LogP contribution in [0, 0.1) is 0 Å². The van der Waals surface area contributed by atoms with Gasteiger partial charge in [0.1, 0.15) is 5.75 Å². The fraction of sp³-hybridized carbons (Fsp3) is 0.235. The zero-order chi connectivity index (χ0) is 14.6. The van der Waals surface area contributed by atoms with Crippen molar-refractivity contribution in [1.29, 1.82) is 0 Å². The Morgan fingerprint density at radius 3 is 2.15 bits per heavy atom. The van der Waals surface area contributed by atoms with Crippen LogP contribution in [0.15, 0.2) is 54.6 Å². The molecule has 3 heteroatoms. The van der Waals surface area contributed by atoms with Crippen LogP contribution in [0.3, 0.4) is 0 Å². The molecule has 104 valence electrons. The van der Waals surface area contributed by atoms with Gasteiger partial charge in [0.2, 0.25) is 5.67 Å². The molecule has 1 unspecified atom stereocenters. The normalized spacial score (nSPS) is 13.6. The summed E-state index contributed by atoms with van der Waals surface area (Å²) in [5, 5.41) is 0. The molecular weight excluding hydrogens is 255 g/mol. The van der Waals surface area contributed by atoms with Crippen molar-refractivity contribution in [2.45, 2.75) is 25.9 Å². The number of carbonyl (C=O) groups is 1. The van der Waals surface area contributed by atoms with Crippen molar-refractivity contribution in [2.24, 2.45) is 0 Å². The number of ether oxygens (including phenoxy) is 1. The molecule has 0 aliphatic carbocycles. The third-order valence-corrected chi connectivity index (χ3v) is 3.26. The second kappa shape index (κ2) is 5.87. The number of carbonyl (C=O) groups excluding carboxylic acids is 1. The minimum Gasteiger partial charge on any atom is -0.424 e. The third-order valence-electron chi connectivity index (χ3n) is 3.26. The predicted molar refractivity (Wildman–Crippen MR) is 77.3 cm³/mol. The largest absolute Gasteiger partial charge is 0.424 e. The van der Waals surface area contributed by atoms with Crippen LogP contribution in [-0.2, 0) is 4.79 Å². The van der Waals surface area contributed by atoms with Gasteiger partial charge in [0.25, 0.3) is 0 Å². The van der Waals surface area contributed by atoms with Gasteiger partial charge in [-0.1, -0.05) is 49.4 Å². The first-order valence-corrected chi connectivity index (χ1v) is 6.59. The van der Waals surface area contributed by atoms with Crippen LogP contribution in [0.4, 0.5) is 4.39 Å². The standard InChI is InChI=1S/C17H17FO2/c1-3-17(2,18)16(19)20-15-11-9-14(10-12-15)13-7-5-4-6-8-13/h4-12H,3H2,1-2H3. The Kier molecular flexibility index (Phi) is 4.18. The summed E-state index contributed by atoms with van der Waals surface area (Å²) in [4.78, 5) is 11.6. The Bertz CT molecular complexity index is 574. The highest BCUT2D eigenvalue weighted by atomic mass is 19.1. The summed E-state index contributed by atoms with van der Waals surface area (Å²) in [5.41, 5.74) is 0.149. The van der Waals surface area contributed by atoms with Gasteiger partial charge in [0, 0.05) is 0 Å². The monoisotopic (exact) mass is 272 g/mol. The maximum atomic E-state index is 13.8. The van der Waals surface area contributed by atoms with Gasteiger partial charge >= 0.3 is 5.97 Å². The van der Waals surface area contributed by atoms with E-state index in [9.17, 15) is 9.18 Å². The first kappa shape index (κ1) is 14.3. The fourth-order valence-corrected chi connectivity index (χ4v) is 1.70. The van der Waals surface area contributed by atoms with Gasteiger partial charge in [-0.25, -0.2) is 9.18 Å². The molecule has 0 N–H and O–H groups in total. The predicted octanol–water partition coefficient (Wildman–Crippen LogP) is 4.40. The Morgan fingerprint density at radius 2 is 1.60 bits per heavy atom. The van der Waals surface area contributed by atoms with Crippen molar-refractivity contribution in [1.82, 2.24) is 0 Å². The number of benzene rings is 2. The van der Waals surface area contributed by atoms with Crippen LogP contribution in [0.1, 0.15) is 20.3 Å². The zero-order valence-electron chi connectivity index (χ0n) is 11.6. The Balaban J connectivity index is 2.12. The summed E-state index contributed by atoms with van der Waals surface area (Å²) in [6.45, 7) is 2.84. The molecule has 2 aromatic rings. The smallest absolute Gasteiger partial charge is 0.348 e. The lowest BCUT2D eigenvalue weighted by Crippen LogP contribution is -2.33. The summed E-state index contributed by atoms with van der Waals surface area (Å²) < 4.78 is 18.8. The molecule has 0 saturated heterocycles. The summed E-state index contributed by atoms with van der Waals surface area (Å²) in [6, 6.07) is 16.9. The van der Waals surface area contributed by atoms with Crippen LogP contribution in [0.25, 0.3) is 11.1 Å². The second-order valence-electron chi connectivity index (χ2n) is 4.83. The molecule has 2 rings (SSSR count). The quantitative estimate of drug-likeness (QED) is 0.609. The van der Waals surface area contributed by atoms with Gasteiger partial charge in [-0.15, -0.1) is 0 Å². The van der Waals surface area contributed by atoms with E-state index in [1.54, 1.807) is 19.1 Å². The second-order valence-corrected chi connectivity index (χ2v) is 4.83. The summed E-state index contributed by atoms with van der Waals surface area (Å²) in [7, 11) is 0. The van der Waals surface area contributed by atoms with Crippen molar-refractivity contribution < 1.29 is 13.9 Å². The first-order valence-electron chi connectivity index (χ1n) is 6.59. The van der Waals surface area contributed by atoms with Gasteiger partial charge < -0.3 is 4.74 Å². The van der Waals surface area contributed by atoms with Crippen molar-refractivity contribution in [3.8, 4) is 16.9 Å². The van der Waals surface area contributed by atoms with Gasteiger partial charge in [-0.3, -0.25) is 0 Å². The maximum absolute atomic E-state index is 13.8. The molecule has 0 fully saturated rings. The lowest BCUT2D eigenvalue weighted by Gasteiger charge is -2.16. The number of hydrogen-bond donors (Lipinski definition) is 0. The average Bonchev–Trinajstić information content (AvgIpc) is 2.49. The fourth-order valence-electron chi connectivity index (χ4n) is 1.70. The molecular formula is C17H17FO2. The number of alkyl halides is 1. The molecule has 2 aromatic carbocycles. The summed E-state index contributed by atoms with van der Waals surface area (Å²) in [5.74, 6) is -0.500. The lowest BCUT2D eigenvalue weighted by atomic mass is 10.1. The summed E-state index contributed by atoms with van der Waals surface area (Å²) >= 11 is 0. The minimum absolute atomic E-state index is 0.0912. The molecule has 0 bridgehead atoms. The molecule has 0 radical (unpaired) electrons. The molecule has 0 spiro atoms. The highest BCUT2D eigenvalue weighted by Gasteiger charge is 2.32. The van der Waals surface area contributed by atoms with E-state index in [4.69, 9.17) is 4.74 Å². The van der Waals surface area contributed by atoms with Crippen molar-refractivity contribution in [3.63, 3.8) is 0 Å². The highest BCUT2D eigenvalue weighted by Crippen LogP contribution is 2.24. The zero-order valence-corrected chi connectivity index (χ0v) is 11.6. The number of esters is 1. The average molecular weight is 272 g/mol. The van der Waals surface area contributed by atoms with E-state index < -0.39 is 11.6 Å². The van der Waals surface area contributed by atoms with E-state index in [-0.39, 0.29) is 6.42 Å². The Hall–Kier alpha value is -2.16. The summed E-state index contributed by atoms with van der Waals surface area (Å²) in [6.07, 6.45) is 0.0912. The highest BCUT2D eigenvalue weighted by molar-refractivity contribution is 5.81. The molecule has 0 amide bonds.